The Morgan fingerprint density at radius 1 is 1.03 bits per heavy atom. The highest BCUT2D eigenvalue weighted by Crippen LogP contribution is 2.33. The van der Waals surface area contributed by atoms with Crippen molar-refractivity contribution in [2.75, 3.05) is 7.11 Å². The molecule has 1 aromatic heterocycles. The molecule has 0 radical (unpaired) electrons. The maximum absolute atomic E-state index is 11.8. The van der Waals surface area contributed by atoms with Gasteiger partial charge in [0.2, 0.25) is 0 Å². The number of benzene rings is 3. The third-order valence-electron chi connectivity index (χ3n) is 5.06. The number of hydrogen-bond acceptors (Lipinski definition) is 5. The third-order valence-corrected chi connectivity index (χ3v) is 6.77. The Bertz CT molecular complexity index is 1240. The van der Waals surface area contributed by atoms with E-state index in [4.69, 9.17) is 4.74 Å². The number of Topliss-reactive ketones (excluding diaryl/α,β-unsaturated/α-hetero) is 1. The number of nitrogens with zero attached hydrogens (tertiary/aromatic N) is 3. The van der Waals surface area contributed by atoms with Crippen LogP contribution in [0.25, 0.3) is 11.4 Å². The minimum atomic E-state index is 0.0300. The number of rotatable bonds is 8. The van der Waals surface area contributed by atoms with E-state index in [0.717, 1.165) is 32.3 Å². The van der Waals surface area contributed by atoms with Gasteiger partial charge in [0, 0.05) is 26.9 Å². The first-order chi connectivity index (χ1) is 15.6. The number of aromatic nitrogens is 3. The summed E-state index contributed by atoms with van der Waals surface area (Å²) in [5.41, 5.74) is 3.76. The molecular weight excluding hydrogens is 486 g/mol. The first-order valence-corrected chi connectivity index (χ1v) is 11.9. The van der Waals surface area contributed by atoms with Gasteiger partial charge in [-0.25, -0.2) is 0 Å². The van der Waals surface area contributed by atoms with Crippen LogP contribution in [0.1, 0.15) is 28.4 Å². The van der Waals surface area contributed by atoms with Crippen LogP contribution in [0, 0.1) is 0 Å². The number of ketones is 1. The normalized spacial score (nSPS) is 10.8. The fraction of sp³-hybridized carbons (Fsp3) is 0.160. The van der Waals surface area contributed by atoms with Crippen molar-refractivity contribution in [3.05, 3.63) is 94.0 Å². The molecule has 162 valence electrons. The number of carbonyl (C=O) groups is 1. The number of thioether (sulfide) groups is 1. The smallest absolute Gasteiger partial charge is 0.192 e. The quantitative estimate of drug-likeness (QED) is 0.208. The van der Waals surface area contributed by atoms with Crippen LogP contribution < -0.4 is 4.74 Å². The number of ether oxygens (including phenoxy) is 1. The van der Waals surface area contributed by atoms with Gasteiger partial charge in [-0.2, -0.15) is 0 Å². The molecule has 7 heteroatoms. The van der Waals surface area contributed by atoms with Gasteiger partial charge in [-0.05, 0) is 36.8 Å². The molecule has 0 N–H and O–H groups in total. The molecule has 0 saturated carbocycles. The van der Waals surface area contributed by atoms with Crippen LogP contribution in [0.2, 0.25) is 0 Å². The summed E-state index contributed by atoms with van der Waals surface area (Å²) < 4.78 is 8.60. The summed E-state index contributed by atoms with van der Waals surface area (Å²) in [6.07, 6.45) is 0. The Hall–Kier alpha value is -2.90. The Morgan fingerprint density at radius 3 is 2.50 bits per heavy atom. The largest absolute Gasteiger partial charge is 0.496 e. The summed E-state index contributed by atoms with van der Waals surface area (Å²) in [4.78, 5) is 11.8. The molecule has 1 heterocycles. The Morgan fingerprint density at radius 2 is 1.78 bits per heavy atom. The van der Waals surface area contributed by atoms with Crippen molar-refractivity contribution in [2.24, 2.45) is 0 Å². The van der Waals surface area contributed by atoms with Gasteiger partial charge >= 0.3 is 0 Å². The molecule has 0 unspecified atom stereocenters. The number of halogens is 1. The number of hydrogen-bond donors (Lipinski definition) is 0. The van der Waals surface area contributed by atoms with Gasteiger partial charge in [-0.15, -0.1) is 10.2 Å². The summed E-state index contributed by atoms with van der Waals surface area (Å²) >= 11 is 5.22. The second-order valence-electron chi connectivity index (χ2n) is 7.23. The molecule has 0 spiro atoms. The average molecular weight is 508 g/mol. The van der Waals surface area contributed by atoms with Crippen molar-refractivity contribution in [2.45, 2.75) is 24.4 Å². The van der Waals surface area contributed by atoms with E-state index in [2.05, 4.69) is 42.8 Å². The topological polar surface area (TPSA) is 57.0 Å². The van der Waals surface area contributed by atoms with Crippen LogP contribution in [0.4, 0.5) is 0 Å². The van der Waals surface area contributed by atoms with Gasteiger partial charge in [0.25, 0.3) is 0 Å². The fourth-order valence-electron chi connectivity index (χ4n) is 3.40. The summed E-state index contributed by atoms with van der Waals surface area (Å²) in [6, 6.07) is 23.8. The van der Waals surface area contributed by atoms with Crippen molar-refractivity contribution in [3.8, 4) is 17.1 Å². The summed E-state index contributed by atoms with van der Waals surface area (Å²) in [5, 5.41) is 9.83. The predicted molar refractivity (Wildman–Crippen MR) is 131 cm³/mol. The van der Waals surface area contributed by atoms with E-state index in [0.29, 0.717) is 17.9 Å². The van der Waals surface area contributed by atoms with Gasteiger partial charge in [0.1, 0.15) is 5.75 Å². The lowest BCUT2D eigenvalue weighted by molar-refractivity contribution is 0.101. The highest BCUT2D eigenvalue weighted by Gasteiger charge is 2.18. The molecule has 32 heavy (non-hydrogen) atoms. The zero-order valence-electron chi connectivity index (χ0n) is 17.8. The molecular formula is C25H22BrN3O2S. The van der Waals surface area contributed by atoms with Crippen molar-refractivity contribution in [3.63, 3.8) is 0 Å². The van der Waals surface area contributed by atoms with E-state index in [-0.39, 0.29) is 5.78 Å². The van der Waals surface area contributed by atoms with E-state index < -0.39 is 0 Å². The standard InChI is InChI=1S/C25H22BrN3O2S/c1-17(30)19-12-13-23(31-2)20(14-19)16-32-25-28-27-24(21-10-6-7-11-22(21)26)29(25)15-18-8-4-3-5-9-18/h3-14H,15-16H2,1-2H3. The minimum Gasteiger partial charge on any atom is -0.496 e. The molecule has 4 aromatic rings. The first kappa shape index (κ1) is 22.3. The Balaban J connectivity index is 1.69. The van der Waals surface area contributed by atoms with Crippen molar-refractivity contribution >= 4 is 33.5 Å². The van der Waals surface area contributed by atoms with E-state index >= 15 is 0 Å². The molecule has 0 amide bonds. The van der Waals surface area contributed by atoms with Gasteiger partial charge in [0.05, 0.1) is 13.7 Å². The zero-order valence-corrected chi connectivity index (χ0v) is 20.2. The summed E-state index contributed by atoms with van der Waals surface area (Å²) in [7, 11) is 1.64. The molecule has 0 aliphatic rings. The molecule has 3 aromatic carbocycles. The molecule has 4 rings (SSSR count). The molecule has 0 saturated heterocycles. The van der Waals surface area contributed by atoms with Crippen molar-refractivity contribution < 1.29 is 9.53 Å². The molecule has 5 nitrogen and oxygen atoms in total. The van der Waals surface area contributed by atoms with E-state index in [9.17, 15) is 4.79 Å². The molecule has 0 aliphatic carbocycles. The van der Waals surface area contributed by atoms with Crippen molar-refractivity contribution in [1.29, 1.82) is 0 Å². The average Bonchev–Trinajstić information content (AvgIpc) is 3.20. The second-order valence-corrected chi connectivity index (χ2v) is 9.03. The minimum absolute atomic E-state index is 0.0300. The molecule has 0 atom stereocenters. The lowest BCUT2D eigenvalue weighted by Gasteiger charge is -2.13. The van der Waals surface area contributed by atoms with Gasteiger partial charge in [-0.3, -0.25) is 9.36 Å². The van der Waals surface area contributed by atoms with Crippen LogP contribution in [0.15, 0.2) is 82.4 Å². The second kappa shape index (κ2) is 10.1. The van der Waals surface area contributed by atoms with Crippen LogP contribution in [-0.2, 0) is 12.3 Å². The summed E-state index contributed by atoms with van der Waals surface area (Å²) in [6.45, 7) is 2.22. The van der Waals surface area contributed by atoms with E-state index in [1.165, 1.54) is 5.56 Å². The van der Waals surface area contributed by atoms with Gasteiger partial charge in [0.15, 0.2) is 16.8 Å². The van der Waals surface area contributed by atoms with E-state index in [1.807, 2.05) is 54.6 Å². The number of carbonyl (C=O) groups excluding carboxylic acids is 1. The Labute approximate surface area is 200 Å². The lowest BCUT2D eigenvalue weighted by atomic mass is 10.1. The van der Waals surface area contributed by atoms with Crippen LogP contribution in [0.3, 0.4) is 0 Å². The highest BCUT2D eigenvalue weighted by atomic mass is 79.9. The fourth-order valence-corrected chi connectivity index (χ4v) is 4.78. The molecule has 0 bridgehead atoms. The van der Waals surface area contributed by atoms with Crippen molar-refractivity contribution in [1.82, 2.24) is 14.8 Å². The Kier molecular flexibility index (Phi) is 7.07. The predicted octanol–water partition coefficient (Wildman–Crippen LogP) is 6.26. The van der Waals surface area contributed by atoms with Crippen LogP contribution in [-0.4, -0.2) is 27.7 Å². The van der Waals surface area contributed by atoms with Gasteiger partial charge in [-0.1, -0.05) is 76.2 Å². The summed E-state index contributed by atoms with van der Waals surface area (Å²) in [5.74, 6) is 2.19. The van der Waals surface area contributed by atoms with Gasteiger partial charge < -0.3 is 4.74 Å². The maximum Gasteiger partial charge on any atom is 0.192 e. The molecule has 0 fully saturated rings. The zero-order chi connectivity index (χ0) is 22.5. The lowest BCUT2D eigenvalue weighted by Crippen LogP contribution is -2.05. The number of methoxy groups -OCH3 is 1. The first-order valence-electron chi connectivity index (χ1n) is 10.1. The monoisotopic (exact) mass is 507 g/mol. The SMILES string of the molecule is COc1ccc(C(C)=O)cc1CSc1nnc(-c2ccccc2Br)n1Cc1ccccc1. The highest BCUT2D eigenvalue weighted by molar-refractivity contribution is 9.10. The molecule has 0 aliphatic heterocycles. The van der Waals surface area contributed by atoms with E-state index in [1.54, 1.807) is 31.9 Å². The van der Waals surface area contributed by atoms with Crippen LogP contribution in [0.5, 0.6) is 5.75 Å². The van der Waals surface area contributed by atoms with Crippen LogP contribution >= 0.6 is 27.7 Å². The maximum atomic E-state index is 11.8. The third kappa shape index (κ3) is 4.95.